The molecule has 0 amide bonds. The summed E-state index contributed by atoms with van der Waals surface area (Å²) in [5, 5.41) is -0.0993. The molecule has 1 heterocycles. The van der Waals surface area contributed by atoms with Crippen LogP contribution in [0.2, 0.25) is 5.02 Å². The van der Waals surface area contributed by atoms with Crippen LogP contribution in [0.4, 0.5) is 5.82 Å². The first-order valence-electron chi connectivity index (χ1n) is 4.61. The van der Waals surface area contributed by atoms with Crippen molar-refractivity contribution in [2.24, 2.45) is 13.0 Å². The number of hydrogen-bond donors (Lipinski definition) is 1. The van der Waals surface area contributed by atoms with E-state index in [1.807, 2.05) is 13.8 Å². The van der Waals surface area contributed by atoms with E-state index in [1.54, 1.807) is 0 Å². The highest BCUT2D eigenvalue weighted by Crippen LogP contribution is 2.11. The van der Waals surface area contributed by atoms with Crippen LogP contribution in [0.5, 0.6) is 0 Å². The van der Waals surface area contributed by atoms with Crippen LogP contribution in [-0.2, 0) is 13.6 Å². The number of nitrogen functional groups attached to an aromatic ring is 1. The topological polar surface area (TPSA) is 70.0 Å². The summed E-state index contributed by atoms with van der Waals surface area (Å²) in [6.07, 6.45) is 0. The van der Waals surface area contributed by atoms with Gasteiger partial charge in [-0.3, -0.25) is 13.9 Å². The van der Waals surface area contributed by atoms with E-state index in [0.29, 0.717) is 6.54 Å². The predicted octanol–water partition coefficient (Wildman–Crippen LogP) is 0.439. The molecule has 0 fully saturated rings. The summed E-state index contributed by atoms with van der Waals surface area (Å²) < 4.78 is 2.27. The maximum atomic E-state index is 11.7. The average Bonchev–Trinajstić information content (AvgIpc) is 2.18. The summed E-state index contributed by atoms with van der Waals surface area (Å²) in [4.78, 5) is 23.1. The van der Waals surface area contributed by atoms with Crippen LogP contribution in [0.25, 0.3) is 0 Å². The van der Waals surface area contributed by atoms with Crippen LogP contribution < -0.4 is 17.0 Å². The molecule has 0 aliphatic rings. The van der Waals surface area contributed by atoms with Gasteiger partial charge in [0, 0.05) is 13.6 Å². The zero-order valence-corrected chi connectivity index (χ0v) is 9.71. The summed E-state index contributed by atoms with van der Waals surface area (Å²) in [7, 11) is 1.38. The summed E-state index contributed by atoms with van der Waals surface area (Å²) in [6, 6.07) is 0. The van der Waals surface area contributed by atoms with Crippen molar-refractivity contribution < 1.29 is 0 Å². The van der Waals surface area contributed by atoms with Crippen LogP contribution in [-0.4, -0.2) is 9.13 Å². The van der Waals surface area contributed by atoms with Crippen LogP contribution in [0, 0.1) is 5.92 Å². The fraction of sp³-hybridized carbons (Fsp3) is 0.556. The Morgan fingerprint density at radius 2 is 1.93 bits per heavy atom. The molecule has 2 N–H and O–H groups in total. The van der Waals surface area contributed by atoms with Gasteiger partial charge >= 0.3 is 5.69 Å². The molecule has 15 heavy (non-hydrogen) atoms. The van der Waals surface area contributed by atoms with Crippen molar-refractivity contribution in [2.45, 2.75) is 20.4 Å². The minimum atomic E-state index is -0.556. The van der Waals surface area contributed by atoms with Gasteiger partial charge in [-0.15, -0.1) is 0 Å². The van der Waals surface area contributed by atoms with Gasteiger partial charge in [-0.2, -0.15) is 0 Å². The Labute approximate surface area is 92.1 Å². The highest BCUT2D eigenvalue weighted by molar-refractivity contribution is 6.32. The Bertz CT molecular complexity index is 487. The van der Waals surface area contributed by atoms with Crippen LogP contribution >= 0.6 is 11.6 Å². The third kappa shape index (κ3) is 2.07. The molecule has 0 unspecified atom stereocenters. The fourth-order valence-electron chi connectivity index (χ4n) is 1.29. The molecule has 5 nitrogen and oxygen atoms in total. The van der Waals surface area contributed by atoms with Crippen molar-refractivity contribution in [2.75, 3.05) is 5.73 Å². The molecule has 1 aromatic rings. The van der Waals surface area contributed by atoms with Crippen molar-refractivity contribution in [3.05, 3.63) is 25.9 Å². The molecule has 0 spiro atoms. The molecule has 0 atom stereocenters. The molecule has 6 heteroatoms. The van der Waals surface area contributed by atoms with E-state index in [0.717, 1.165) is 4.57 Å². The van der Waals surface area contributed by atoms with E-state index < -0.39 is 11.2 Å². The average molecular weight is 232 g/mol. The van der Waals surface area contributed by atoms with Gasteiger partial charge in [0.15, 0.2) is 0 Å². The van der Waals surface area contributed by atoms with Crippen LogP contribution in [0.15, 0.2) is 9.59 Å². The number of anilines is 1. The van der Waals surface area contributed by atoms with Gasteiger partial charge in [-0.1, -0.05) is 25.4 Å². The molecule has 0 bridgehead atoms. The molecule has 0 saturated carbocycles. The van der Waals surface area contributed by atoms with Gasteiger partial charge in [0.25, 0.3) is 5.56 Å². The molecule has 0 radical (unpaired) electrons. The lowest BCUT2D eigenvalue weighted by Crippen LogP contribution is -2.40. The number of nitrogens with two attached hydrogens (primary N) is 1. The molecular formula is C9H14ClN3O2. The molecule has 0 saturated heterocycles. The van der Waals surface area contributed by atoms with E-state index in [9.17, 15) is 9.59 Å². The Morgan fingerprint density at radius 3 is 2.40 bits per heavy atom. The molecule has 1 rings (SSSR count). The Morgan fingerprint density at radius 1 is 1.40 bits per heavy atom. The monoisotopic (exact) mass is 231 g/mol. The van der Waals surface area contributed by atoms with Crippen LogP contribution in [0.1, 0.15) is 13.8 Å². The number of halogens is 1. The zero-order valence-electron chi connectivity index (χ0n) is 8.95. The standard InChI is InChI=1S/C9H14ClN3O2/c1-5(2)4-13-7(11)6(10)8(14)12(3)9(13)15/h5H,4,11H2,1-3H3. The minimum absolute atomic E-state index is 0.0402. The third-order valence-electron chi connectivity index (χ3n) is 2.07. The van der Waals surface area contributed by atoms with Gasteiger partial charge in [0.05, 0.1) is 0 Å². The molecule has 1 aromatic heterocycles. The largest absolute Gasteiger partial charge is 0.384 e. The first kappa shape index (κ1) is 11.8. The SMILES string of the molecule is CC(C)Cn1c(N)c(Cl)c(=O)n(C)c1=O. The maximum absolute atomic E-state index is 11.7. The lowest BCUT2D eigenvalue weighted by Gasteiger charge is -2.13. The third-order valence-corrected chi connectivity index (χ3v) is 2.43. The van der Waals surface area contributed by atoms with Crippen molar-refractivity contribution in [3.8, 4) is 0 Å². The molecule has 0 aliphatic carbocycles. The Hall–Kier alpha value is -1.23. The second kappa shape index (κ2) is 4.10. The molecule has 84 valence electrons. The number of nitrogens with zero attached hydrogens (tertiary/aromatic N) is 2. The Kier molecular flexibility index (Phi) is 3.24. The van der Waals surface area contributed by atoms with E-state index >= 15 is 0 Å². The van der Waals surface area contributed by atoms with Crippen molar-refractivity contribution >= 4 is 17.4 Å². The summed E-state index contributed by atoms with van der Waals surface area (Å²) in [6.45, 7) is 4.34. The lowest BCUT2D eigenvalue weighted by atomic mass is 10.2. The number of hydrogen-bond acceptors (Lipinski definition) is 3. The van der Waals surface area contributed by atoms with Gasteiger partial charge in [-0.05, 0) is 5.92 Å². The predicted molar refractivity (Wildman–Crippen MR) is 60.2 cm³/mol. The van der Waals surface area contributed by atoms with E-state index in [1.165, 1.54) is 11.6 Å². The highest BCUT2D eigenvalue weighted by atomic mass is 35.5. The number of rotatable bonds is 2. The number of aromatic nitrogens is 2. The highest BCUT2D eigenvalue weighted by Gasteiger charge is 2.13. The van der Waals surface area contributed by atoms with E-state index in [-0.39, 0.29) is 16.8 Å². The molecular weight excluding hydrogens is 218 g/mol. The first-order chi connectivity index (χ1) is 6.86. The van der Waals surface area contributed by atoms with Crippen molar-refractivity contribution in [1.82, 2.24) is 9.13 Å². The second-order valence-corrected chi connectivity index (χ2v) is 4.23. The molecule has 0 aliphatic heterocycles. The first-order valence-corrected chi connectivity index (χ1v) is 4.98. The summed E-state index contributed by atoms with van der Waals surface area (Å²) in [5.74, 6) is 0.289. The quantitative estimate of drug-likeness (QED) is 0.803. The lowest BCUT2D eigenvalue weighted by molar-refractivity contribution is 0.493. The van der Waals surface area contributed by atoms with Crippen LogP contribution in [0.3, 0.4) is 0 Å². The van der Waals surface area contributed by atoms with Gasteiger partial charge in [-0.25, -0.2) is 4.79 Å². The van der Waals surface area contributed by atoms with E-state index in [4.69, 9.17) is 17.3 Å². The van der Waals surface area contributed by atoms with Gasteiger partial charge in [0.2, 0.25) is 0 Å². The Balaban J connectivity index is 3.53. The summed E-state index contributed by atoms with van der Waals surface area (Å²) in [5.41, 5.74) is 4.63. The van der Waals surface area contributed by atoms with Crippen molar-refractivity contribution in [1.29, 1.82) is 0 Å². The smallest absolute Gasteiger partial charge is 0.332 e. The zero-order chi connectivity index (χ0) is 11.7. The normalized spacial score (nSPS) is 11.0. The molecule has 0 aromatic carbocycles. The van der Waals surface area contributed by atoms with Crippen molar-refractivity contribution in [3.63, 3.8) is 0 Å². The van der Waals surface area contributed by atoms with Gasteiger partial charge < -0.3 is 5.73 Å². The van der Waals surface area contributed by atoms with E-state index in [2.05, 4.69) is 0 Å². The maximum Gasteiger partial charge on any atom is 0.332 e. The van der Waals surface area contributed by atoms with Gasteiger partial charge in [0.1, 0.15) is 10.8 Å². The minimum Gasteiger partial charge on any atom is -0.384 e. The summed E-state index contributed by atoms with van der Waals surface area (Å²) >= 11 is 5.73. The fourth-order valence-corrected chi connectivity index (χ4v) is 1.52. The second-order valence-electron chi connectivity index (χ2n) is 3.85.